The molecule has 0 aromatic rings. The maximum atomic E-state index is 8.86. The Balaban J connectivity index is 3.61. The summed E-state index contributed by atoms with van der Waals surface area (Å²) >= 11 is 0. The Labute approximate surface area is 99.7 Å². The number of nitrogens with zero attached hydrogens (tertiary/aromatic N) is 3. The summed E-state index contributed by atoms with van der Waals surface area (Å²) in [7, 11) is 2.04. The average molecular weight is 221 g/mol. The van der Waals surface area contributed by atoms with Crippen molar-refractivity contribution in [1.82, 2.24) is 4.90 Å². The molecule has 1 unspecified atom stereocenters. The van der Waals surface area contributed by atoms with E-state index in [9.17, 15) is 0 Å². The van der Waals surface area contributed by atoms with Crippen molar-refractivity contribution in [3.05, 3.63) is 0 Å². The van der Waals surface area contributed by atoms with Crippen LogP contribution < -0.4 is 0 Å². The Morgan fingerprint density at radius 3 is 2.38 bits per heavy atom. The lowest BCUT2D eigenvalue weighted by molar-refractivity contribution is 0.295. The maximum Gasteiger partial charge on any atom is 0.0683 e. The molecule has 0 fully saturated rings. The second-order valence-electron chi connectivity index (χ2n) is 5.25. The molecule has 90 valence electrons. The molecule has 0 bridgehead atoms. The van der Waals surface area contributed by atoms with E-state index < -0.39 is 0 Å². The second kappa shape index (κ2) is 7.25. The number of unbranched alkanes of at least 4 members (excludes halogenated alkanes) is 1. The molecule has 0 amide bonds. The Hall–Kier alpha value is -1.06. The van der Waals surface area contributed by atoms with E-state index in [1.807, 2.05) is 27.8 Å². The molecule has 0 aliphatic heterocycles. The molecule has 0 saturated carbocycles. The van der Waals surface area contributed by atoms with E-state index in [0.717, 1.165) is 32.4 Å². The lowest BCUT2D eigenvalue weighted by Gasteiger charge is -2.19. The minimum absolute atomic E-state index is 0.0977. The summed E-state index contributed by atoms with van der Waals surface area (Å²) in [5, 5.41) is 17.5. The van der Waals surface area contributed by atoms with Crippen LogP contribution in [0.1, 0.15) is 40.0 Å². The van der Waals surface area contributed by atoms with Gasteiger partial charge in [0.15, 0.2) is 0 Å². The largest absolute Gasteiger partial charge is 0.305 e. The topological polar surface area (TPSA) is 50.8 Å². The highest BCUT2D eigenvalue weighted by Gasteiger charge is 2.15. The van der Waals surface area contributed by atoms with Crippen LogP contribution in [0.4, 0.5) is 0 Å². The van der Waals surface area contributed by atoms with Gasteiger partial charge in [-0.1, -0.05) is 6.42 Å². The zero-order valence-corrected chi connectivity index (χ0v) is 11.0. The Kier molecular flexibility index (Phi) is 6.77. The van der Waals surface area contributed by atoms with Crippen molar-refractivity contribution in [3.63, 3.8) is 0 Å². The third-order valence-electron chi connectivity index (χ3n) is 2.70. The number of hydrogen-bond donors (Lipinski definition) is 0. The SMILES string of the molecule is CC(C#N)CN(C)CCCCC(C)(C)C#N. The number of nitriles is 2. The van der Waals surface area contributed by atoms with Crippen molar-refractivity contribution in [2.24, 2.45) is 11.3 Å². The Morgan fingerprint density at radius 1 is 1.25 bits per heavy atom. The fourth-order valence-corrected chi connectivity index (χ4v) is 1.60. The fourth-order valence-electron chi connectivity index (χ4n) is 1.60. The summed E-state index contributed by atoms with van der Waals surface area (Å²) < 4.78 is 0. The van der Waals surface area contributed by atoms with Gasteiger partial charge in [0.05, 0.1) is 23.5 Å². The monoisotopic (exact) mass is 221 g/mol. The molecule has 0 aliphatic rings. The van der Waals surface area contributed by atoms with Gasteiger partial charge in [0.2, 0.25) is 0 Å². The van der Waals surface area contributed by atoms with Gasteiger partial charge in [0.25, 0.3) is 0 Å². The van der Waals surface area contributed by atoms with Crippen LogP contribution in [-0.4, -0.2) is 25.0 Å². The van der Waals surface area contributed by atoms with Crippen LogP contribution in [0.5, 0.6) is 0 Å². The van der Waals surface area contributed by atoms with E-state index in [1.54, 1.807) is 0 Å². The van der Waals surface area contributed by atoms with Crippen molar-refractivity contribution in [2.45, 2.75) is 40.0 Å². The maximum absolute atomic E-state index is 8.86. The highest BCUT2D eigenvalue weighted by molar-refractivity contribution is 4.91. The number of rotatable bonds is 7. The fraction of sp³-hybridized carbons (Fsp3) is 0.846. The van der Waals surface area contributed by atoms with Gasteiger partial charge in [0, 0.05) is 6.54 Å². The van der Waals surface area contributed by atoms with E-state index in [2.05, 4.69) is 17.0 Å². The zero-order valence-electron chi connectivity index (χ0n) is 11.0. The minimum Gasteiger partial charge on any atom is -0.305 e. The quantitative estimate of drug-likeness (QED) is 0.621. The molecule has 0 radical (unpaired) electrons. The van der Waals surface area contributed by atoms with Crippen LogP contribution in [0.25, 0.3) is 0 Å². The zero-order chi connectivity index (χ0) is 12.6. The molecule has 0 aromatic heterocycles. The first-order valence-electron chi connectivity index (χ1n) is 5.90. The molecule has 0 heterocycles. The Bertz CT molecular complexity index is 270. The van der Waals surface area contributed by atoms with Crippen LogP contribution >= 0.6 is 0 Å². The molecule has 3 nitrogen and oxygen atoms in total. The summed E-state index contributed by atoms with van der Waals surface area (Å²) in [5.74, 6) is 0.0977. The van der Waals surface area contributed by atoms with Gasteiger partial charge in [-0.25, -0.2) is 0 Å². The van der Waals surface area contributed by atoms with Gasteiger partial charge in [-0.05, 0) is 47.2 Å². The predicted molar refractivity (Wildman–Crippen MR) is 65.5 cm³/mol. The summed E-state index contributed by atoms with van der Waals surface area (Å²) in [6.07, 6.45) is 3.12. The van der Waals surface area contributed by atoms with Crippen LogP contribution in [0, 0.1) is 34.0 Å². The van der Waals surface area contributed by atoms with Gasteiger partial charge in [-0.2, -0.15) is 10.5 Å². The van der Waals surface area contributed by atoms with Gasteiger partial charge in [0.1, 0.15) is 0 Å². The second-order valence-corrected chi connectivity index (χ2v) is 5.25. The summed E-state index contributed by atoms with van der Waals surface area (Å²) in [6, 6.07) is 4.55. The molecular formula is C13H23N3. The molecule has 0 rings (SSSR count). The lowest BCUT2D eigenvalue weighted by atomic mass is 9.89. The summed E-state index contributed by atoms with van der Waals surface area (Å²) in [4.78, 5) is 2.19. The highest BCUT2D eigenvalue weighted by atomic mass is 15.1. The molecule has 0 saturated heterocycles. The molecule has 1 atom stereocenters. The van der Waals surface area contributed by atoms with Crippen LogP contribution in [-0.2, 0) is 0 Å². The standard InChI is InChI=1S/C13H23N3/c1-12(9-14)10-16(4)8-6-5-7-13(2,3)11-15/h12H,5-8,10H2,1-4H3. The van der Waals surface area contributed by atoms with E-state index in [-0.39, 0.29) is 11.3 Å². The molecular weight excluding hydrogens is 198 g/mol. The minimum atomic E-state index is -0.196. The molecule has 0 aromatic carbocycles. The van der Waals surface area contributed by atoms with Crippen molar-refractivity contribution in [1.29, 1.82) is 10.5 Å². The van der Waals surface area contributed by atoms with Crippen LogP contribution in [0.15, 0.2) is 0 Å². The number of hydrogen-bond acceptors (Lipinski definition) is 3. The predicted octanol–water partition coefficient (Wildman–Crippen LogP) is 2.80. The first kappa shape index (κ1) is 14.9. The third-order valence-corrected chi connectivity index (χ3v) is 2.70. The molecule has 0 spiro atoms. The van der Waals surface area contributed by atoms with Crippen molar-refractivity contribution < 1.29 is 0 Å². The van der Waals surface area contributed by atoms with Gasteiger partial charge in [-0.15, -0.1) is 0 Å². The summed E-state index contributed by atoms with van der Waals surface area (Å²) in [5.41, 5.74) is -0.196. The molecule has 0 N–H and O–H groups in total. The van der Waals surface area contributed by atoms with E-state index in [0.29, 0.717) is 0 Å². The lowest BCUT2D eigenvalue weighted by Crippen LogP contribution is -2.25. The first-order valence-corrected chi connectivity index (χ1v) is 5.90. The van der Waals surface area contributed by atoms with Crippen LogP contribution in [0.3, 0.4) is 0 Å². The molecule has 16 heavy (non-hydrogen) atoms. The van der Waals surface area contributed by atoms with Crippen LogP contribution in [0.2, 0.25) is 0 Å². The van der Waals surface area contributed by atoms with Gasteiger partial charge in [-0.3, -0.25) is 0 Å². The van der Waals surface area contributed by atoms with Gasteiger partial charge >= 0.3 is 0 Å². The molecule has 3 heteroatoms. The average Bonchev–Trinajstić information content (AvgIpc) is 2.24. The van der Waals surface area contributed by atoms with E-state index >= 15 is 0 Å². The normalized spacial score (nSPS) is 13.2. The van der Waals surface area contributed by atoms with Gasteiger partial charge < -0.3 is 4.90 Å². The van der Waals surface area contributed by atoms with E-state index in [4.69, 9.17) is 10.5 Å². The first-order chi connectivity index (χ1) is 7.41. The smallest absolute Gasteiger partial charge is 0.0683 e. The third kappa shape index (κ3) is 7.26. The van der Waals surface area contributed by atoms with Crippen molar-refractivity contribution >= 4 is 0 Å². The van der Waals surface area contributed by atoms with E-state index in [1.165, 1.54) is 0 Å². The van der Waals surface area contributed by atoms with Crippen molar-refractivity contribution in [2.75, 3.05) is 20.1 Å². The highest BCUT2D eigenvalue weighted by Crippen LogP contribution is 2.21. The summed E-state index contributed by atoms with van der Waals surface area (Å²) in [6.45, 7) is 7.74. The Morgan fingerprint density at radius 2 is 1.88 bits per heavy atom. The van der Waals surface area contributed by atoms with Crippen molar-refractivity contribution in [3.8, 4) is 12.1 Å². The molecule has 0 aliphatic carbocycles.